The van der Waals surface area contributed by atoms with Crippen molar-refractivity contribution in [3.05, 3.63) is 29.8 Å². The molecule has 6 nitrogen and oxygen atoms in total. The van der Waals surface area contributed by atoms with Gasteiger partial charge in [-0.05, 0) is 51.4 Å². The molecule has 3 rings (SSSR count). The zero-order valence-electron chi connectivity index (χ0n) is 16.2. The van der Waals surface area contributed by atoms with Crippen LogP contribution in [0.5, 0.6) is 0 Å². The van der Waals surface area contributed by atoms with Gasteiger partial charge in [-0.1, -0.05) is 18.6 Å². The first kappa shape index (κ1) is 19.8. The number of carbonyl (C=O) groups excluding carboxylic acids is 1. The summed E-state index contributed by atoms with van der Waals surface area (Å²) in [7, 11) is 0. The SMILES string of the molecule is CC(C(=O)Nc1ccccc1C#N)N1CCC(OCCN2CCCCC2)C1. The van der Waals surface area contributed by atoms with E-state index in [1.54, 1.807) is 18.2 Å². The van der Waals surface area contributed by atoms with Crippen molar-refractivity contribution in [1.29, 1.82) is 5.26 Å². The molecule has 2 atom stereocenters. The number of para-hydroxylation sites is 1. The van der Waals surface area contributed by atoms with E-state index in [-0.39, 0.29) is 18.1 Å². The summed E-state index contributed by atoms with van der Waals surface area (Å²) in [4.78, 5) is 17.2. The van der Waals surface area contributed by atoms with E-state index in [2.05, 4.69) is 21.2 Å². The maximum atomic E-state index is 12.6. The number of ether oxygens (including phenoxy) is 1. The van der Waals surface area contributed by atoms with Gasteiger partial charge in [0.2, 0.25) is 5.91 Å². The molecule has 1 amide bonds. The Morgan fingerprint density at radius 3 is 2.85 bits per heavy atom. The molecule has 1 aromatic rings. The number of anilines is 1. The number of nitrogens with one attached hydrogen (secondary N) is 1. The van der Waals surface area contributed by atoms with Crippen molar-refractivity contribution in [3.63, 3.8) is 0 Å². The molecule has 2 unspecified atom stereocenters. The number of rotatable bonds is 7. The van der Waals surface area contributed by atoms with Gasteiger partial charge in [-0.2, -0.15) is 5.26 Å². The molecule has 2 aliphatic rings. The van der Waals surface area contributed by atoms with Crippen LogP contribution < -0.4 is 5.32 Å². The highest BCUT2D eigenvalue weighted by Gasteiger charge is 2.30. The predicted octanol–water partition coefficient (Wildman–Crippen LogP) is 2.46. The first-order valence-corrected chi connectivity index (χ1v) is 10.1. The standard InChI is InChI=1S/C21H30N4O2/c1-17(21(26)23-20-8-4-3-7-18(20)15-22)25-12-9-19(16-25)27-14-13-24-10-5-2-6-11-24/h3-4,7-8,17,19H,2,5-6,9-14,16H2,1H3,(H,23,26). The summed E-state index contributed by atoms with van der Waals surface area (Å²) in [5.74, 6) is -0.0772. The summed E-state index contributed by atoms with van der Waals surface area (Å²) in [6, 6.07) is 8.96. The number of piperidine rings is 1. The zero-order chi connectivity index (χ0) is 19.1. The summed E-state index contributed by atoms with van der Waals surface area (Å²) < 4.78 is 6.06. The lowest BCUT2D eigenvalue weighted by molar-refractivity contribution is -0.120. The second-order valence-corrected chi connectivity index (χ2v) is 7.50. The normalized spacial score (nSPS) is 22.3. The second kappa shape index (κ2) is 9.84. The molecule has 0 spiro atoms. The minimum absolute atomic E-state index is 0.0772. The molecule has 2 saturated heterocycles. The van der Waals surface area contributed by atoms with Crippen molar-refractivity contribution in [2.45, 2.75) is 44.8 Å². The average Bonchev–Trinajstić information content (AvgIpc) is 3.17. The van der Waals surface area contributed by atoms with Crippen LogP contribution in [0, 0.1) is 11.3 Å². The van der Waals surface area contributed by atoms with E-state index in [0.717, 1.165) is 32.7 Å². The summed E-state index contributed by atoms with van der Waals surface area (Å²) >= 11 is 0. The highest BCUT2D eigenvalue weighted by molar-refractivity contribution is 5.95. The van der Waals surface area contributed by atoms with Gasteiger partial charge in [-0.3, -0.25) is 9.69 Å². The molecular formula is C21H30N4O2. The minimum atomic E-state index is -0.243. The smallest absolute Gasteiger partial charge is 0.241 e. The third kappa shape index (κ3) is 5.52. The van der Waals surface area contributed by atoms with Crippen molar-refractivity contribution in [2.75, 3.05) is 44.6 Å². The molecule has 2 heterocycles. The Morgan fingerprint density at radius 1 is 1.30 bits per heavy atom. The van der Waals surface area contributed by atoms with Gasteiger partial charge in [-0.15, -0.1) is 0 Å². The average molecular weight is 370 g/mol. The van der Waals surface area contributed by atoms with Crippen LogP contribution >= 0.6 is 0 Å². The molecule has 27 heavy (non-hydrogen) atoms. The summed E-state index contributed by atoms with van der Waals surface area (Å²) in [6.07, 6.45) is 5.13. The van der Waals surface area contributed by atoms with Crippen LogP contribution in [0.3, 0.4) is 0 Å². The molecule has 0 aromatic heterocycles. The number of likely N-dealkylation sites (tertiary alicyclic amines) is 2. The molecular weight excluding hydrogens is 340 g/mol. The third-order valence-corrected chi connectivity index (χ3v) is 5.62. The largest absolute Gasteiger partial charge is 0.376 e. The van der Waals surface area contributed by atoms with Crippen LogP contribution in [-0.2, 0) is 9.53 Å². The van der Waals surface area contributed by atoms with Gasteiger partial charge in [0.1, 0.15) is 6.07 Å². The molecule has 0 aliphatic carbocycles. The lowest BCUT2D eigenvalue weighted by Crippen LogP contribution is -2.41. The van der Waals surface area contributed by atoms with Crippen molar-refractivity contribution in [2.24, 2.45) is 0 Å². The second-order valence-electron chi connectivity index (χ2n) is 7.50. The highest BCUT2D eigenvalue weighted by atomic mass is 16.5. The summed E-state index contributed by atoms with van der Waals surface area (Å²) in [5, 5.41) is 12.0. The Labute approximate surface area is 162 Å². The highest BCUT2D eigenvalue weighted by Crippen LogP contribution is 2.19. The van der Waals surface area contributed by atoms with Gasteiger partial charge >= 0.3 is 0 Å². The molecule has 1 N–H and O–H groups in total. The molecule has 2 aliphatic heterocycles. The zero-order valence-corrected chi connectivity index (χ0v) is 16.2. The first-order valence-electron chi connectivity index (χ1n) is 10.1. The van der Waals surface area contributed by atoms with Gasteiger partial charge in [0, 0.05) is 19.6 Å². The monoisotopic (exact) mass is 370 g/mol. The van der Waals surface area contributed by atoms with Crippen LogP contribution in [0.25, 0.3) is 0 Å². The number of amides is 1. The Balaban J connectivity index is 1.42. The lowest BCUT2D eigenvalue weighted by atomic mass is 10.1. The van der Waals surface area contributed by atoms with Gasteiger partial charge in [0.05, 0.1) is 30.0 Å². The van der Waals surface area contributed by atoms with Crippen LogP contribution in [-0.4, -0.2) is 67.2 Å². The van der Waals surface area contributed by atoms with Crippen LogP contribution in [0.2, 0.25) is 0 Å². The molecule has 0 radical (unpaired) electrons. The maximum Gasteiger partial charge on any atom is 0.241 e. The predicted molar refractivity (Wildman–Crippen MR) is 105 cm³/mol. The van der Waals surface area contributed by atoms with Crippen LogP contribution in [0.15, 0.2) is 24.3 Å². The Hall–Kier alpha value is -1.94. The van der Waals surface area contributed by atoms with Crippen LogP contribution in [0.4, 0.5) is 5.69 Å². The summed E-state index contributed by atoms with van der Waals surface area (Å²) in [5.41, 5.74) is 1.06. The Kier molecular flexibility index (Phi) is 7.22. The van der Waals surface area contributed by atoms with E-state index in [1.165, 1.54) is 32.4 Å². The summed E-state index contributed by atoms with van der Waals surface area (Å²) in [6.45, 7) is 7.74. The fourth-order valence-electron chi connectivity index (χ4n) is 3.87. The number of nitriles is 1. The minimum Gasteiger partial charge on any atom is -0.376 e. The van der Waals surface area contributed by atoms with Gasteiger partial charge in [0.15, 0.2) is 0 Å². The Morgan fingerprint density at radius 2 is 2.07 bits per heavy atom. The van der Waals surface area contributed by atoms with Crippen molar-refractivity contribution in [1.82, 2.24) is 9.80 Å². The molecule has 146 valence electrons. The molecule has 2 fully saturated rings. The maximum absolute atomic E-state index is 12.6. The quantitative estimate of drug-likeness (QED) is 0.798. The van der Waals surface area contributed by atoms with Gasteiger partial charge < -0.3 is 15.0 Å². The van der Waals surface area contributed by atoms with E-state index in [4.69, 9.17) is 10.00 Å². The lowest BCUT2D eigenvalue weighted by Gasteiger charge is -2.27. The molecule has 0 bridgehead atoms. The van der Waals surface area contributed by atoms with E-state index < -0.39 is 0 Å². The molecule has 6 heteroatoms. The number of benzene rings is 1. The molecule has 1 aromatic carbocycles. The fraction of sp³-hybridized carbons (Fsp3) is 0.619. The van der Waals surface area contributed by atoms with Crippen molar-refractivity contribution >= 4 is 11.6 Å². The number of hydrogen-bond donors (Lipinski definition) is 1. The van der Waals surface area contributed by atoms with E-state index in [1.807, 2.05) is 13.0 Å². The number of hydrogen-bond acceptors (Lipinski definition) is 5. The van der Waals surface area contributed by atoms with E-state index in [0.29, 0.717) is 11.3 Å². The van der Waals surface area contributed by atoms with Crippen molar-refractivity contribution in [3.8, 4) is 6.07 Å². The van der Waals surface area contributed by atoms with Gasteiger partial charge in [0.25, 0.3) is 0 Å². The third-order valence-electron chi connectivity index (χ3n) is 5.62. The molecule has 0 saturated carbocycles. The number of nitrogens with zero attached hydrogens (tertiary/aromatic N) is 3. The van der Waals surface area contributed by atoms with Gasteiger partial charge in [-0.25, -0.2) is 0 Å². The van der Waals surface area contributed by atoms with Crippen LogP contribution in [0.1, 0.15) is 38.2 Å². The topological polar surface area (TPSA) is 68.6 Å². The van der Waals surface area contributed by atoms with E-state index in [9.17, 15) is 4.79 Å². The van der Waals surface area contributed by atoms with E-state index >= 15 is 0 Å². The Bertz CT molecular complexity index is 666. The number of carbonyl (C=O) groups is 1. The van der Waals surface area contributed by atoms with Crippen molar-refractivity contribution < 1.29 is 9.53 Å². The first-order chi connectivity index (χ1) is 13.2. The fourth-order valence-corrected chi connectivity index (χ4v) is 3.87.